The predicted molar refractivity (Wildman–Crippen MR) is 59.4 cm³/mol. The molecule has 0 saturated heterocycles. The molecule has 0 aromatic carbocycles. The van der Waals surface area contributed by atoms with Gasteiger partial charge in [0.1, 0.15) is 0 Å². The molecule has 0 amide bonds. The predicted octanol–water partition coefficient (Wildman–Crippen LogP) is 0.306. The largest absolute Gasteiger partial charge is 0.479 e. The minimum Gasteiger partial charge on any atom is -0.479 e. The van der Waals surface area contributed by atoms with E-state index >= 15 is 0 Å². The van der Waals surface area contributed by atoms with Crippen molar-refractivity contribution in [2.45, 2.75) is 51.2 Å². The fourth-order valence-corrected chi connectivity index (χ4v) is 1.23. The van der Waals surface area contributed by atoms with Crippen LogP contribution in [0, 0.1) is 0 Å². The van der Waals surface area contributed by atoms with E-state index in [-0.39, 0.29) is 6.61 Å². The second kappa shape index (κ2) is 8.95. The van der Waals surface area contributed by atoms with Crippen LogP contribution in [0.1, 0.15) is 39.0 Å². The van der Waals surface area contributed by atoms with Gasteiger partial charge >= 0.3 is 11.9 Å². The number of carbonyl (C=O) groups is 2. The van der Waals surface area contributed by atoms with E-state index in [1.807, 2.05) is 0 Å². The van der Waals surface area contributed by atoms with Gasteiger partial charge in [-0.3, -0.25) is 0 Å². The van der Waals surface area contributed by atoms with Crippen molar-refractivity contribution in [1.29, 1.82) is 0 Å². The quantitative estimate of drug-likeness (QED) is 0.400. The van der Waals surface area contributed by atoms with Crippen LogP contribution in [0.25, 0.3) is 0 Å². The number of carboxylic acid groups (broad SMARTS) is 1. The fourth-order valence-electron chi connectivity index (χ4n) is 1.23. The topological polar surface area (TPSA) is 104 Å². The highest BCUT2D eigenvalue weighted by Gasteiger charge is 2.31. The van der Waals surface area contributed by atoms with E-state index in [9.17, 15) is 9.59 Å². The number of unbranched alkanes of at least 4 members (excludes halogenated alkanes) is 4. The average molecular weight is 248 g/mol. The van der Waals surface area contributed by atoms with Crippen LogP contribution in [0.5, 0.6) is 0 Å². The Bertz CT molecular complexity index is 240. The van der Waals surface area contributed by atoms with Gasteiger partial charge in [0.25, 0.3) is 0 Å². The van der Waals surface area contributed by atoms with Crippen LogP contribution < -0.4 is 0 Å². The van der Waals surface area contributed by atoms with Crippen molar-refractivity contribution in [2.24, 2.45) is 0 Å². The molecule has 17 heavy (non-hydrogen) atoms. The number of rotatable bonds is 9. The van der Waals surface area contributed by atoms with Crippen molar-refractivity contribution in [3.63, 3.8) is 0 Å². The molecule has 0 aromatic rings. The van der Waals surface area contributed by atoms with Gasteiger partial charge in [-0.2, -0.15) is 0 Å². The van der Waals surface area contributed by atoms with Crippen LogP contribution in [0.15, 0.2) is 0 Å². The van der Waals surface area contributed by atoms with E-state index in [2.05, 4.69) is 11.7 Å². The Balaban J connectivity index is 3.68. The van der Waals surface area contributed by atoms with Gasteiger partial charge in [0.2, 0.25) is 0 Å². The zero-order valence-electron chi connectivity index (χ0n) is 9.96. The molecule has 6 heteroatoms. The van der Waals surface area contributed by atoms with Gasteiger partial charge in [-0.05, 0) is 6.42 Å². The summed E-state index contributed by atoms with van der Waals surface area (Å²) in [5.74, 6) is -2.76. The number of hydrogen-bond acceptors (Lipinski definition) is 5. The third kappa shape index (κ3) is 6.91. The maximum absolute atomic E-state index is 11.1. The Labute approximate surface area is 100 Å². The average Bonchev–Trinajstić information content (AvgIpc) is 2.31. The molecule has 2 unspecified atom stereocenters. The Kier molecular flexibility index (Phi) is 8.35. The molecule has 6 nitrogen and oxygen atoms in total. The number of ether oxygens (including phenoxy) is 1. The number of carboxylic acids is 1. The van der Waals surface area contributed by atoms with Crippen molar-refractivity contribution in [3.05, 3.63) is 0 Å². The van der Waals surface area contributed by atoms with E-state index in [1.165, 1.54) is 0 Å². The summed E-state index contributed by atoms with van der Waals surface area (Å²) < 4.78 is 4.64. The molecule has 0 saturated carbocycles. The van der Waals surface area contributed by atoms with Crippen LogP contribution in [-0.2, 0) is 14.3 Å². The van der Waals surface area contributed by atoms with Crippen LogP contribution in [0.4, 0.5) is 0 Å². The van der Waals surface area contributed by atoms with Gasteiger partial charge in [-0.1, -0.05) is 32.6 Å². The summed E-state index contributed by atoms with van der Waals surface area (Å²) in [5.41, 5.74) is 0. The molecule has 0 aromatic heterocycles. The van der Waals surface area contributed by atoms with Crippen LogP contribution in [0.3, 0.4) is 0 Å². The Hall–Kier alpha value is -1.14. The van der Waals surface area contributed by atoms with E-state index in [1.54, 1.807) is 0 Å². The molecule has 0 spiro atoms. The number of aliphatic carboxylic acids is 1. The molecule has 3 N–H and O–H groups in total. The zero-order valence-corrected chi connectivity index (χ0v) is 9.96. The lowest BCUT2D eigenvalue weighted by molar-refractivity contribution is -0.169. The van der Waals surface area contributed by atoms with Gasteiger partial charge in [0.05, 0.1) is 6.61 Å². The first kappa shape index (κ1) is 15.9. The number of hydrogen-bond donors (Lipinski definition) is 3. The summed E-state index contributed by atoms with van der Waals surface area (Å²) >= 11 is 0. The van der Waals surface area contributed by atoms with Gasteiger partial charge in [0, 0.05) is 0 Å². The maximum atomic E-state index is 11.1. The molecule has 0 bridgehead atoms. The first-order valence-corrected chi connectivity index (χ1v) is 5.76. The molecule has 0 aliphatic rings. The molecular weight excluding hydrogens is 228 g/mol. The third-order valence-corrected chi connectivity index (χ3v) is 2.29. The van der Waals surface area contributed by atoms with Gasteiger partial charge < -0.3 is 20.1 Å². The second-order valence-corrected chi connectivity index (χ2v) is 3.81. The summed E-state index contributed by atoms with van der Waals surface area (Å²) in [6.45, 7) is 2.22. The smallest absolute Gasteiger partial charge is 0.338 e. The summed E-state index contributed by atoms with van der Waals surface area (Å²) in [5, 5.41) is 26.3. The highest BCUT2D eigenvalue weighted by molar-refractivity contribution is 5.84. The number of carbonyl (C=O) groups excluding carboxylic acids is 1. The van der Waals surface area contributed by atoms with E-state index < -0.39 is 24.1 Å². The lowest BCUT2D eigenvalue weighted by Gasteiger charge is -2.12. The Morgan fingerprint density at radius 1 is 1.06 bits per heavy atom. The summed E-state index contributed by atoms with van der Waals surface area (Å²) in [7, 11) is 0. The van der Waals surface area contributed by atoms with E-state index in [0.29, 0.717) is 6.42 Å². The number of aliphatic hydroxyl groups is 2. The van der Waals surface area contributed by atoms with Crippen molar-refractivity contribution in [3.8, 4) is 0 Å². The molecule has 0 radical (unpaired) electrons. The Morgan fingerprint density at radius 2 is 1.65 bits per heavy atom. The van der Waals surface area contributed by atoms with Crippen LogP contribution in [0.2, 0.25) is 0 Å². The summed E-state index contributed by atoms with van der Waals surface area (Å²) in [6, 6.07) is 0. The van der Waals surface area contributed by atoms with Gasteiger partial charge in [-0.25, -0.2) is 9.59 Å². The lowest BCUT2D eigenvalue weighted by Crippen LogP contribution is -2.40. The first-order chi connectivity index (χ1) is 8.00. The van der Waals surface area contributed by atoms with Gasteiger partial charge in [0.15, 0.2) is 12.2 Å². The zero-order chi connectivity index (χ0) is 13.3. The van der Waals surface area contributed by atoms with Crippen molar-refractivity contribution in [1.82, 2.24) is 0 Å². The maximum Gasteiger partial charge on any atom is 0.338 e. The number of aliphatic hydroxyl groups excluding tert-OH is 2. The lowest BCUT2D eigenvalue weighted by atomic mass is 10.2. The number of esters is 1. The monoisotopic (exact) mass is 248 g/mol. The van der Waals surface area contributed by atoms with Crippen LogP contribution >= 0.6 is 0 Å². The molecular formula is C11H20O6. The normalized spacial score (nSPS) is 14.1. The fraction of sp³-hybridized carbons (Fsp3) is 0.818. The van der Waals surface area contributed by atoms with Crippen LogP contribution in [-0.4, -0.2) is 46.1 Å². The summed E-state index contributed by atoms with van der Waals surface area (Å²) in [6.07, 6.45) is 0.706. The molecule has 0 aliphatic carbocycles. The van der Waals surface area contributed by atoms with Gasteiger partial charge in [-0.15, -0.1) is 0 Å². The third-order valence-electron chi connectivity index (χ3n) is 2.29. The first-order valence-electron chi connectivity index (χ1n) is 5.76. The molecule has 2 atom stereocenters. The van der Waals surface area contributed by atoms with E-state index in [4.69, 9.17) is 15.3 Å². The minimum absolute atomic E-state index is 0.131. The highest BCUT2D eigenvalue weighted by Crippen LogP contribution is 2.03. The molecule has 0 fully saturated rings. The molecule has 0 rings (SSSR count). The SMILES string of the molecule is CCCCCCCOC(=O)C(O)C(O)C(=O)O. The molecule has 0 heterocycles. The Morgan fingerprint density at radius 3 is 2.18 bits per heavy atom. The molecule has 100 valence electrons. The highest BCUT2D eigenvalue weighted by atomic mass is 16.5. The summed E-state index contributed by atoms with van der Waals surface area (Å²) in [4.78, 5) is 21.4. The second-order valence-electron chi connectivity index (χ2n) is 3.81. The minimum atomic E-state index is -2.14. The molecule has 0 aliphatic heterocycles. The van der Waals surface area contributed by atoms with Crippen molar-refractivity contribution < 1.29 is 29.6 Å². The van der Waals surface area contributed by atoms with Crippen molar-refractivity contribution >= 4 is 11.9 Å². The van der Waals surface area contributed by atoms with E-state index in [0.717, 1.165) is 25.7 Å². The standard InChI is InChI=1S/C11H20O6/c1-2-3-4-5-6-7-17-11(16)9(13)8(12)10(14)15/h8-9,12-13H,2-7H2,1H3,(H,14,15). The van der Waals surface area contributed by atoms with Crippen molar-refractivity contribution in [2.75, 3.05) is 6.61 Å².